The highest BCUT2D eigenvalue weighted by molar-refractivity contribution is 5.96. The van der Waals surface area contributed by atoms with E-state index in [1.54, 1.807) is 0 Å². The molecular weight excluding hydrogens is 228 g/mol. The summed E-state index contributed by atoms with van der Waals surface area (Å²) in [4.78, 5) is 12.3. The zero-order chi connectivity index (χ0) is 12.7. The first-order valence-electron chi connectivity index (χ1n) is 6.72. The summed E-state index contributed by atoms with van der Waals surface area (Å²) < 4.78 is 0. The number of amides is 1. The van der Waals surface area contributed by atoms with E-state index in [1.807, 2.05) is 13.8 Å². The van der Waals surface area contributed by atoms with Gasteiger partial charge >= 0.3 is 0 Å². The minimum absolute atomic E-state index is 0.0186. The average Bonchev–Trinajstić information content (AvgIpc) is 2.82. The number of aromatic amines is 1. The molecule has 18 heavy (non-hydrogen) atoms. The lowest BCUT2D eigenvalue weighted by molar-refractivity contribution is 0.0923. The third kappa shape index (κ3) is 2.03. The van der Waals surface area contributed by atoms with E-state index in [0.717, 1.165) is 24.2 Å². The van der Waals surface area contributed by atoms with Gasteiger partial charge in [0.15, 0.2) is 0 Å². The number of nitrogens with zero attached hydrogens (tertiary/aromatic N) is 1. The van der Waals surface area contributed by atoms with Crippen molar-refractivity contribution in [2.45, 2.75) is 57.7 Å². The van der Waals surface area contributed by atoms with Crippen LogP contribution in [0.15, 0.2) is 0 Å². The van der Waals surface area contributed by atoms with Gasteiger partial charge in [-0.05, 0) is 39.5 Å². The van der Waals surface area contributed by atoms with Crippen molar-refractivity contribution in [2.75, 3.05) is 0 Å². The Kier molecular flexibility index (Phi) is 2.86. The molecule has 0 saturated carbocycles. The molecular formula is C13H20N4O. The summed E-state index contributed by atoms with van der Waals surface area (Å²) >= 11 is 0. The second-order valence-electron chi connectivity index (χ2n) is 5.59. The normalized spacial score (nSPS) is 30.4. The molecule has 0 aliphatic carbocycles. The van der Waals surface area contributed by atoms with Crippen LogP contribution in [0.2, 0.25) is 0 Å². The van der Waals surface area contributed by atoms with Crippen molar-refractivity contribution in [1.82, 2.24) is 20.8 Å². The van der Waals surface area contributed by atoms with Gasteiger partial charge in [0.05, 0.1) is 11.3 Å². The molecule has 0 spiro atoms. The van der Waals surface area contributed by atoms with Crippen LogP contribution >= 0.6 is 0 Å². The van der Waals surface area contributed by atoms with Crippen LogP contribution < -0.4 is 10.6 Å². The van der Waals surface area contributed by atoms with Gasteiger partial charge in [-0.2, -0.15) is 5.10 Å². The minimum atomic E-state index is 0.0186. The predicted molar refractivity (Wildman–Crippen MR) is 68.5 cm³/mol. The summed E-state index contributed by atoms with van der Waals surface area (Å²) in [5.41, 5.74) is 2.34. The fourth-order valence-electron chi connectivity index (χ4n) is 3.32. The highest BCUT2D eigenvalue weighted by Crippen LogP contribution is 2.27. The van der Waals surface area contributed by atoms with Gasteiger partial charge in [0, 0.05) is 23.8 Å². The number of piperidine rings is 1. The van der Waals surface area contributed by atoms with Crippen LogP contribution in [-0.4, -0.2) is 34.2 Å². The maximum atomic E-state index is 12.3. The van der Waals surface area contributed by atoms with Crippen molar-refractivity contribution >= 4 is 5.91 Å². The van der Waals surface area contributed by atoms with Gasteiger partial charge in [-0.1, -0.05) is 0 Å². The number of nitrogens with one attached hydrogen (secondary N) is 3. The molecule has 2 aliphatic rings. The van der Waals surface area contributed by atoms with Crippen molar-refractivity contribution in [3.63, 3.8) is 0 Å². The SMILES string of the molecule is Cc1n[nH]c(C)c1C(=O)NC1CC2CCC(C1)N2. The number of H-pyrrole nitrogens is 1. The Balaban J connectivity index is 1.68. The molecule has 1 aromatic heterocycles. The van der Waals surface area contributed by atoms with Crippen LogP contribution in [0, 0.1) is 13.8 Å². The number of hydrogen-bond acceptors (Lipinski definition) is 3. The first-order valence-corrected chi connectivity index (χ1v) is 6.72. The number of aromatic nitrogens is 2. The smallest absolute Gasteiger partial charge is 0.255 e. The fourth-order valence-corrected chi connectivity index (χ4v) is 3.32. The number of carbonyl (C=O) groups is 1. The van der Waals surface area contributed by atoms with Crippen LogP contribution in [0.5, 0.6) is 0 Å². The summed E-state index contributed by atoms with van der Waals surface area (Å²) in [5, 5.41) is 13.7. The van der Waals surface area contributed by atoms with Crippen molar-refractivity contribution in [3.05, 3.63) is 17.0 Å². The maximum Gasteiger partial charge on any atom is 0.255 e. The summed E-state index contributed by atoms with van der Waals surface area (Å²) in [7, 11) is 0. The van der Waals surface area contributed by atoms with E-state index in [4.69, 9.17) is 0 Å². The molecule has 2 aliphatic heterocycles. The Labute approximate surface area is 107 Å². The maximum absolute atomic E-state index is 12.3. The molecule has 98 valence electrons. The molecule has 2 fully saturated rings. The summed E-state index contributed by atoms with van der Waals surface area (Å²) in [6.07, 6.45) is 4.61. The summed E-state index contributed by atoms with van der Waals surface area (Å²) in [5.74, 6) is 0.0186. The van der Waals surface area contributed by atoms with Crippen molar-refractivity contribution < 1.29 is 4.79 Å². The molecule has 5 nitrogen and oxygen atoms in total. The average molecular weight is 248 g/mol. The first-order chi connectivity index (χ1) is 8.63. The predicted octanol–water partition coefficient (Wildman–Crippen LogP) is 1.04. The Bertz CT molecular complexity index is 436. The number of aryl methyl sites for hydroxylation is 2. The highest BCUT2D eigenvalue weighted by Gasteiger charge is 2.34. The van der Waals surface area contributed by atoms with E-state index in [0.29, 0.717) is 23.7 Å². The lowest BCUT2D eigenvalue weighted by atomic mass is 9.99. The molecule has 3 rings (SSSR count). The molecule has 2 unspecified atom stereocenters. The van der Waals surface area contributed by atoms with Gasteiger partial charge in [-0.15, -0.1) is 0 Å². The second kappa shape index (κ2) is 4.39. The third-order valence-corrected chi connectivity index (χ3v) is 4.16. The van der Waals surface area contributed by atoms with Gasteiger partial charge in [-0.25, -0.2) is 0 Å². The molecule has 2 atom stereocenters. The molecule has 3 N–H and O–H groups in total. The van der Waals surface area contributed by atoms with Gasteiger partial charge < -0.3 is 10.6 Å². The Hall–Kier alpha value is -1.36. The monoisotopic (exact) mass is 248 g/mol. The van der Waals surface area contributed by atoms with Gasteiger partial charge in [-0.3, -0.25) is 9.89 Å². The Morgan fingerprint density at radius 2 is 1.94 bits per heavy atom. The van der Waals surface area contributed by atoms with Crippen LogP contribution in [0.3, 0.4) is 0 Å². The van der Waals surface area contributed by atoms with E-state index in [2.05, 4.69) is 20.8 Å². The van der Waals surface area contributed by atoms with E-state index >= 15 is 0 Å². The van der Waals surface area contributed by atoms with Crippen molar-refractivity contribution in [2.24, 2.45) is 0 Å². The Morgan fingerprint density at radius 3 is 2.50 bits per heavy atom. The molecule has 2 saturated heterocycles. The van der Waals surface area contributed by atoms with Crippen LogP contribution in [0.25, 0.3) is 0 Å². The number of fused-ring (bicyclic) bond motifs is 2. The summed E-state index contributed by atoms with van der Waals surface area (Å²) in [6.45, 7) is 3.76. The summed E-state index contributed by atoms with van der Waals surface area (Å²) in [6, 6.07) is 1.51. The molecule has 0 aromatic carbocycles. The van der Waals surface area contributed by atoms with Gasteiger partial charge in [0.1, 0.15) is 0 Å². The Morgan fingerprint density at radius 1 is 1.28 bits per heavy atom. The van der Waals surface area contributed by atoms with Crippen molar-refractivity contribution in [3.8, 4) is 0 Å². The number of hydrogen-bond donors (Lipinski definition) is 3. The fraction of sp³-hybridized carbons (Fsp3) is 0.692. The lowest BCUT2D eigenvalue weighted by Gasteiger charge is -2.29. The highest BCUT2D eigenvalue weighted by atomic mass is 16.1. The van der Waals surface area contributed by atoms with E-state index in [-0.39, 0.29) is 5.91 Å². The molecule has 0 radical (unpaired) electrons. The van der Waals surface area contributed by atoms with Crippen molar-refractivity contribution in [1.29, 1.82) is 0 Å². The first kappa shape index (κ1) is 11.7. The molecule has 3 heterocycles. The standard InChI is InChI=1S/C13H20N4O/c1-7-12(8(2)17-16-7)13(18)15-11-5-9-3-4-10(6-11)14-9/h9-11,14H,3-6H2,1-2H3,(H,15,18)(H,16,17). The molecule has 1 amide bonds. The molecule has 2 bridgehead atoms. The van der Waals surface area contributed by atoms with E-state index < -0.39 is 0 Å². The van der Waals surface area contributed by atoms with E-state index in [9.17, 15) is 4.79 Å². The molecule has 5 heteroatoms. The lowest BCUT2D eigenvalue weighted by Crippen LogP contribution is -2.48. The number of carbonyl (C=O) groups excluding carboxylic acids is 1. The zero-order valence-electron chi connectivity index (χ0n) is 10.9. The van der Waals surface area contributed by atoms with E-state index in [1.165, 1.54) is 12.8 Å². The third-order valence-electron chi connectivity index (χ3n) is 4.16. The van der Waals surface area contributed by atoms with Crippen LogP contribution in [0.1, 0.15) is 47.4 Å². The van der Waals surface area contributed by atoms with Gasteiger partial charge in [0.25, 0.3) is 5.91 Å². The van der Waals surface area contributed by atoms with Crippen LogP contribution in [-0.2, 0) is 0 Å². The molecule has 1 aromatic rings. The van der Waals surface area contributed by atoms with Gasteiger partial charge in [0.2, 0.25) is 0 Å². The minimum Gasteiger partial charge on any atom is -0.349 e. The quantitative estimate of drug-likeness (QED) is 0.732. The largest absolute Gasteiger partial charge is 0.349 e. The zero-order valence-corrected chi connectivity index (χ0v) is 10.9. The van der Waals surface area contributed by atoms with Crippen LogP contribution in [0.4, 0.5) is 0 Å². The number of rotatable bonds is 2. The topological polar surface area (TPSA) is 69.8 Å². The second-order valence-corrected chi connectivity index (χ2v) is 5.59.